The Balaban J connectivity index is 2.18. The van der Waals surface area contributed by atoms with Gasteiger partial charge in [0.15, 0.2) is 0 Å². The molecule has 1 aromatic heterocycles. The minimum Gasteiger partial charge on any atom is -0.378 e. The van der Waals surface area contributed by atoms with Crippen molar-refractivity contribution in [3.05, 3.63) is 35.5 Å². The van der Waals surface area contributed by atoms with E-state index in [0.717, 1.165) is 16.4 Å². The van der Waals surface area contributed by atoms with Crippen LogP contribution in [0.4, 0.5) is 10.7 Å². The van der Waals surface area contributed by atoms with Crippen molar-refractivity contribution >= 4 is 39.9 Å². The van der Waals surface area contributed by atoms with E-state index >= 15 is 0 Å². The summed E-state index contributed by atoms with van der Waals surface area (Å²) in [6, 6.07) is 7.77. The van der Waals surface area contributed by atoms with E-state index in [1.54, 1.807) is 18.8 Å². The molecular formula is C13H15N3OS2. The normalized spacial score (nSPS) is 10.3. The quantitative estimate of drug-likeness (QED) is 0.848. The highest BCUT2D eigenvalue weighted by Gasteiger charge is 2.17. The van der Waals surface area contributed by atoms with E-state index in [2.05, 4.69) is 15.0 Å². The van der Waals surface area contributed by atoms with E-state index in [0.29, 0.717) is 5.56 Å². The molecule has 1 aromatic carbocycles. The van der Waals surface area contributed by atoms with Crippen molar-refractivity contribution in [1.29, 1.82) is 0 Å². The largest absolute Gasteiger partial charge is 0.378 e. The molecule has 100 valence electrons. The summed E-state index contributed by atoms with van der Waals surface area (Å²) in [5.74, 6) is -0.132. The standard InChI is InChI=1S/C13H15N3OS2/c1-8-11(13(14-2)19-16-8)12(17)15-9-4-6-10(18-3)7-5-9/h4-7,14H,1-3H3,(H,15,17). The topological polar surface area (TPSA) is 54.0 Å². The molecule has 19 heavy (non-hydrogen) atoms. The number of hydrogen-bond acceptors (Lipinski definition) is 5. The number of rotatable bonds is 4. The number of amides is 1. The van der Waals surface area contributed by atoms with Crippen LogP contribution < -0.4 is 10.6 Å². The Labute approximate surface area is 120 Å². The molecule has 0 atom stereocenters. The fourth-order valence-corrected chi connectivity index (χ4v) is 2.83. The van der Waals surface area contributed by atoms with E-state index in [4.69, 9.17) is 0 Å². The third-order valence-corrected chi connectivity index (χ3v) is 4.36. The van der Waals surface area contributed by atoms with Crippen molar-refractivity contribution in [3.63, 3.8) is 0 Å². The molecule has 0 bridgehead atoms. The number of aryl methyl sites for hydroxylation is 1. The maximum absolute atomic E-state index is 12.2. The number of aromatic nitrogens is 1. The third-order valence-electron chi connectivity index (χ3n) is 2.66. The summed E-state index contributed by atoms with van der Waals surface area (Å²) in [7, 11) is 1.79. The fourth-order valence-electron chi connectivity index (χ4n) is 1.68. The van der Waals surface area contributed by atoms with E-state index < -0.39 is 0 Å². The van der Waals surface area contributed by atoms with Crippen molar-refractivity contribution in [2.75, 3.05) is 23.9 Å². The molecule has 0 aliphatic carbocycles. The Morgan fingerprint density at radius 2 is 2.00 bits per heavy atom. The van der Waals surface area contributed by atoms with Crippen LogP contribution in [0.25, 0.3) is 0 Å². The summed E-state index contributed by atoms with van der Waals surface area (Å²) in [6.45, 7) is 1.84. The molecule has 0 aliphatic rings. The van der Waals surface area contributed by atoms with Crippen LogP contribution in [0.1, 0.15) is 16.1 Å². The molecule has 1 heterocycles. The van der Waals surface area contributed by atoms with Crippen molar-refractivity contribution in [1.82, 2.24) is 4.37 Å². The first-order valence-corrected chi connectivity index (χ1v) is 7.75. The molecule has 0 fully saturated rings. The lowest BCUT2D eigenvalue weighted by molar-refractivity contribution is 0.102. The zero-order chi connectivity index (χ0) is 13.8. The average molecular weight is 293 g/mol. The molecule has 0 saturated heterocycles. The molecule has 0 radical (unpaired) electrons. The summed E-state index contributed by atoms with van der Waals surface area (Å²) in [5, 5.41) is 6.67. The highest BCUT2D eigenvalue weighted by atomic mass is 32.2. The maximum atomic E-state index is 12.2. The molecule has 6 heteroatoms. The van der Waals surface area contributed by atoms with Gasteiger partial charge in [0.05, 0.1) is 11.3 Å². The van der Waals surface area contributed by atoms with Crippen LogP contribution in [0, 0.1) is 6.92 Å². The first kappa shape index (κ1) is 13.9. The predicted octanol–water partition coefficient (Wildman–Crippen LogP) is 3.47. The van der Waals surface area contributed by atoms with Gasteiger partial charge in [-0.3, -0.25) is 4.79 Å². The van der Waals surface area contributed by atoms with Gasteiger partial charge >= 0.3 is 0 Å². The molecular weight excluding hydrogens is 278 g/mol. The summed E-state index contributed by atoms with van der Waals surface area (Å²) in [5.41, 5.74) is 2.14. The molecule has 0 saturated carbocycles. The van der Waals surface area contributed by atoms with Crippen molar-refractivity contribution in [3.8, 4) is 0 Å². The van der Waals surface area contributed by atoms with Crippen LogP contribution in [0.15, 0.2) is 29.2 Å². The second kappa shape index (κ2) is 6.08. The number of nitrogens with zero attached hydrogens (tertiary/aromatic N) is 1. The van der Waals surface area contributed by atoms with Gasteiger partial charge in [-0.1, -0.05) is 0 Å². The Morgan fingerprint density at radius 3 is 2.58 bits per heavy atom. The summed E-state index contributed by atoms with van der Waals surface area (Å²) >= 11 is 2.97. The summed E-state index contributed by atoms with van der Waals surface area (Å²) in [4.78, 5) is 13.4. The number of anilines is 2. The van der Waals surface area contributed by atoms with Crippen molar-refractivity contribution in [2.24, 2.45) is 0 Å². The Kier molecular flexibility index (Phi) is 4.44. The Hall–Kier alpha value is -1.53. The third kappa shape index (κ3) is 3.08. The lowest BCUT2D eigenvalue weighted by Gasteiger charge is -2.07. The summed E-state index contributed by atoms with van der Waals surface area (Å²) in [6.07, 6.45) is 2.02. The number of hydrogen-bond donors (Lipinski definition) is 2. The number of carbonyl (C=O) groups is 1. The molecule has 2 aromatic rings. The minimum absolute atomic E-state index is 0.132. The molecule has 0 spiro atoms. The van der Waals surface area contributed by atoms with Crippen molar-refractivity contribution < 1.29 is 4.79 Å². The van der Waals surface area contributed by atoms with E-state index in [9.17, 15) is 4.79 Å². The van der Waals surface area contributed by atoms with E-state index in [1.807, 2.05) is 37.4 Å². The molecule has 2 N–H and O–H groups in total. The van der Waals surface area contributed by atoms with Gasteiger partial charge in [0.25, 0.3) is 5.91 Å². The van der Waals surface area contributed by atoms with Crippen LogP contribution in [0.5, 0.6) is 0 Å². The second-order valence-corrected chi connectivity index (χ2v) is 5.56. The molecule has 0 aliphatic heterocycles. The molecule has 2 rings (SSSR count). The van der Waals surface area contributed by atoms with Crippen LogP contribution in [0.3, 0.4) is 0 Å². The van der Waals surface area contributed by atoms with Gasteiger partial charge in [-0.15, -0.1) is 11.8 Å². The smallest absolute Gasteiger partial charge is 0.260 e. The molecule has 1 amide bonds. The van der Waals surface area contributed by atoms with Crippen LogP contribution in [-0.2, 0) is 0 Å². The second-order valence-electron chi connectivity index (χ2n) is 3.90. The van der Waals surface area contributed by atoms with Gasteiger partial charge in [0, 0.05) is 17.6 Å². The SMILES string of the molecule is CNc1snc(C)c1C(=O)Nc1ccc(SC)cc1. The lowest BCUT2D eigenvalue weighted by Crippen LogP contribution is -2.13. The Morgan fingerprint density at radius 1 is 1.32 bits per heavy atom. The van der Waals surface area contributed by atoms with Gasteiger partial charge < -0.3 is 10.6 Å². The van der Waals surface area contributed by atoms with Gasteiger partial charge in [-0.25, -0.2) is 0 Å². The van der Waals surface area contributed by atoms with E-state index in [1.165, 1.54) is 16.4 Å². The van der Waals surface area contributed by atoms with Gasteiger partial charge in [-0.05, 0) is 49.0 Å². The minimum atomic E-state index is -0.132. The molecule has 4 nitrogen and oxygen atoms in total. The number of carbonyl (C=O) groups excluding carboxylic acids is 1. The highest BCUT2D eigenvalue weighted by Crippen LogP contribution is 2.25. The summed E-state index contributed by atoms with van der Waals surface area (Å²) < 4.78 is 4.19. The van der Waals surface area contributed by atoms with Gasteiger partial charge in [-0.2, -0.15) is 4.37 Å². The Bertz CT molecular complexity index is 578. The first-order chi connectivity index (χ1) is 9.15. The zero-order valence-electron chi connectivity index (χ0n) is 11.0. The highest BCUT2D eigenvalue weighted by molar-refractivity contribution is 7.98. The monoisotopic (exact) mass is 293 g/mol. The van der Waals surface area contributed by atoms with Gasteiger partial charge in [0.1, 0.15) is 5.00 Å². The number of benzene rings is 1. The van der Waals surface area contributed by atoms with Crippen LogP contribution in [0.2, 0.25) is 0 Å². The number of nitrogens with one attached hydrogen (secondary N) is 2. The average Bonchev–Trinajstić information content (AvgIpc) is 2.80. The fraction of sp³-hybridized carbons (Fsp3) is 0.231. The zero-order valence-corrected chi connectivity index (χ0v) is 12.6. The molecule has 0 unspecified atom stereocenters. The maximum Gasteiger partial charge on any atom is 0.260 e. The van der Waals surface area contributed by atoms with Crippen LogP contribution in [-0.4, -0.2) is 23.6 Å². The van der Waals surface area contributed by atoms with Gasteiger partial charge in [0.2, 0.25) is 0 Å². The lowest BCUT2D eigenvalue weighted by atomic mass is 10.2. The van der Waals surface area contributed by atoms with Crippen LogP contribution >= 0.6 is 23.3 Å². The van der Waals surface area contributed by atoms with Crippen molar-refractivity contribution in [2.45, 2.75) is 11.8 Å². The number of thioether (sulfide) groups is 1. The first-order valence-electron chi connectivity index (χ1n) is 5.75. The predicted molar refractivity (Wildman–Crippen MR) is 82.6 cm³/mol. The van der Waals surface area contributed by atoms with E-state index in [-0.39, 0.29) is 5.91 Å².